The number of aryl methyl sites for hydroxylation is 1. The monoisotopic (exact) mass is 361 g/mol. The lowest BCUT2D eigenvalue weighted by Gasteiger charge is -2.19. The molecule has 0 spiro atoms. The van der Waals surface area contributed by atoms with Crippen LogP contribution in [-0.4, -0.2) is 16.3 Å². The van der Waals surface area contributed by atoms with Gasteiger partial charge < -0.3 is 5.32 Å². The highest BCUT2D eigenvalue weighted by Gasteiger charge is 2.24. The third-order valence-corrected chi connectivity index (χ3v) is 5.08. The molecule has 104 valence electrons. The van der Waals surface area contributed by atoms with Crippen molar-refractivity contribution < 1.29 is 0 Å². The normalized spacial score (nSPS) is 12.8. The standard InChI is InChI=1S/C13H17BrClN3S/c1-3-6-18-12(10(15)8-17-18)11(16-4-2)13-9(14)5-7-19-13/h5,7-8,11,16H,3-4,6H2,1-2H3. The molecule has 19 heavy (non-hydrogen) atoms. The molecule has 0 radical (unpaired) electrons. The molecule has 0 bridgehead atoms. The van der Waals surface area contributed by atoms with E-state index in [0.29, 0.717) is 0 Å². The summed E-state index contributed by atoms with van der Waals surface area (Å²) in [7, 11) is 0. The fourth-order valence-corrected chi connectivity index (χ4v) is 4.01. The second kappa shape index (κ2) is 6.88. The molecule has 0 aromatic carbocycles. The van der Waals surface area contributed by atoms with Crippen LogP contribution in [-0.2, 0) is 6.54 Å². The summed E-state index contributed by atoms with van der Waals surface area (Å²) in [4.78, 5) is 1.24. The highest BCUT2D eigenvalue weighted by molar-refractivity contribution is 9.10. The molecule has 2 rings (SSSR count). The highest BCUT2D eigenvalue weighted by Crippen LogP contribution is 2.35. The van der Waals surface area contributed by atoms with Crippen molar-refractivity contribution in [1.82, 2.24) is 15.1 Å². The van der Waals surface area contributed by atoms with E-state index in [9.17, 15) is 0 Å². The summed E-state index contributed by atoms with van der Waals surface area (Å²) < 4.78 is 3.12. The first-order valence-electron chi connectivity index (χ1n) is 6.36. The summed E-state index contributed by atoms with van der Waals surface area (Å²) >= 11 is 11.7. The van der Waals surface area contributed by atoms with Crippen LogP contribution in [0.1, 0.15) is 36.9 Å². The van der Waals surface area contributed by atoms with Crippen molar-refractivity contribution in [1.29, 1.82) is 0 Å². The molecular weight excluding hydrogens is 346 g/mol. The zero-order valence-electron chi connectivity index (χ0n) is 11.0. The van der Waals surface area contributed by atoms with Crippen LogP contribution in [0.2, 0.25) is 5.02 Å². The molecule has 1 unspecified atom stereocenters. The zero-order chi connectivity index (χ0) is 13.8. The molecule has 6 heteroatoms. The molecule has 1 N–H and O–H groups in total. The van der Waals surface area contributed by atoms with Crippen molar-refractivity contribution >= 4 is 38.9 Å². The molecule has 0 aliphatic carbocycles. The highest BCUT2D eigenvalue weighted by atomic mass is 79.9. The number of halogens is 2. The summed E-state index contributed by atoms with van der Waals surface area (Å²) in [5.74, 6) is 0. The Morgan fingerprint density at radius 1 is 1.53 bits per heavy atom. The van der Waals surface area contributed by atoms with E-state index in [1.807, 2.05) is 4.68 Å². The predicted molar refractivity (Wildman–Crippen MR) is 85.1 cm³/mol. The Kier molecular flexibility index (Phi) is 5.45. The molecule has 2 aromatic heterocycles. The van der Waals surface area contributed by atoms with Gasteiger partial charge in [-0.1, -0.05) is 25.4 Å². The van der Waals surface area contributed by atoms with Gasteiger partial charge in [-0.15, -0.1) is 11.3 Å². The maximum Gasteiger partial charge on any atom is 0.0868 e. The van der Waals surface area contributed by atoms with Crippen LogP contribution in [0.15, 0.2) is 22.1 Å². The third-order valence-electron chi connectivity index (χ3n) is 2.86. The van der Waals surface area contributed by atoms with Crippen LogP contribution < -0.4 is 5.32 Å². The first-order chi connectivity index (χ1) is 9.19. The molecule has 2 aromatic rings. The number of aromatic nitrogens is 2. The molecule has 0 amide bonds. The quantitative estimate of drug-likeness (QED) is 0.821. The predicted octanol–water partition coefficient (Wildman–Crippen LogP) is 4.47. The van der Waals surface area contributed by atoms with Crippen LogP contribution >= 0.6 is 38.9 Å². The molecule has 0 saturated heterocycles. The molecule has 0 fully saturated rings. The van der Waals surface area contributed by atoms with Gasteiger partial charge in [-0.3, -0.25) is 4.68 Å². The van der Waals surface area contributed by atoms with Crippen LogP contribution in [0.4, 0.5) is 0 Å². The summed E-state index contributed by atoms with van der Waals surface area (Å²) in [5.41, 5.74) is 1.05. The number of hydrogen-bond donors (Lipinski definition) is 1. The Labute approximate surface area is 131 Å². The van der Waals surface area contributed by atoms with Crippen LogP contribution in [0.3, 0.4) is 0 Å². The third kappa shape index (κ3) is 3.21. The van der Waals surface area contributed by atoms with E-state index in [1.54, 1.807) is 17.5 Å². The second-order valence-electron chi connectivity index (χ2n) is 4.22. The van der Waals surface area contributed by atoms with Gasteiger partial charge >= 0.3 is 0 Å². The van der Waals surface area contributed by atoms with Crippen molar-refractivity contribution in [3.63, 3.8) is 0 Å². The molecule has 3 nitrogen and oxygen atoms in total. The van der Waals surface area contributed by atoms with Gasteiger partial charge in [-0.25, -0.2) is 0 Å². The van der Waals surface area contributed by atoms with Crippen LogP contribution in [0.25, 0.3) is 0 Å². The first-order valence-corrected chi connectivity index (χ1v) is 8.41. The summed E-state index contributed by atoms with van der Waals surface area (Å²) in [6.07, 6.45) is 2.77. The van der Waals surface area contributed by atoms with E-state index in [1.165, 1.54) is 4.88 Å². The van der Waals surface area contributed by atoms with Crippen molar-refractivity contribution in [3.8, 4) is 0 Å². The average Bonchev–Trinajstić information content (AvgIpc) is 2.95. The molecule has 0 saturated carbocycles. The number of thiophene rings is 1. The fraction of sp³-hybridized carbons (Fsp3) is 0.462. The van der Waals surface area contributed by atoms with E-state index in [4.69, 9.17) is 11.6 Å². The van der Waals surface area contributed by atoms with E-state index < -0.39 is 0 Å². The minimum absolute atomic E-state index is 0.0842. The van der Waals surface area contributed by atoms with Gasteiger partial charge in [0, 0.05) is 15.9 Å². The van der Waals surface area contributed by atoms with Gasteiger partial charge in [-0.05, 0) is 40.3 Å². The minimum atomic E-state index is 0.0842. The zero-order valence-corrected chi connectivity index (χ0v) is 14.1. The Hall–Kier alpha value is -0.360. The Morgan fingerprint density at radius 2 is 2.32 bits per heavy atom. The molecule has 0 aliphatic heterocycles. The summed E-state index contributed by atoms with van der Waals surface area (Å²) in [5, 5.41) is 10.7. The number of rotatable bonds is 6. The molecule has 0 aliphatic rings. The Bertz CT molecular complexity index is 538. The SMILES string of the molecule is CCCn1ncc(Cl)c1C(NCC)c1sccc1Br. The van der Waals surface area contributed by atoms with Gasteiger partial charge in [0.15, 0.2) is 0 Å². The van der Waals surface area contributed by atoms with Crippen LogP contribution in [0, 0.1) is 0 Å². The van der Waals surface area contributed by atoms with E-state index in [2.05, 4.69) is 51.6 Å². The van der Waals surface area contributed by atoms with Crippen molar-refractivity contribution in [3.05, 3.63) is 37.7 Å². The average molecular weight is 363 g/mol. The lowest BCUT2D eigenvalue weighted by Crippen LogP contribution is -2.24. The Balaban J connectivity index is 2.44. The van der Waals surface area contributed by atoms with Gasteiger partial charge in [0.05, 0.1) is 23.0 Å². The van der Waals surface area contributed by atoms with Gasteiger partial charge in [-0.2, -0.15) is 5.10 Å². The first kappa shape index (κ1) is 15.0. The topological polar surface area (TPSA) is 29.9 Å². The van der Waals surface area contributed by atoms with Crippen molar-refractivity contribution in [2.75, 3.05) is 6.54 Å². The maximum absolute atomic E-state index is 6.35. The smallest absolute Gasteiger partial charge is 0.0868 e. The number of hydrogen-bond acceptors (Lipinski definition) is 3. The lowest BCUT2D eigenvalue weighted by molar-refractivity contribution is 0.523. The van der Waals surface area contributed by atoms with E-state index in [0.717, 1.165) is 34.7 Å². The number of nitrogens with one attached hydrogen (secondary N) is 1. The largest absolute Gasteiger partial charge is 0.305 e. The van der Waals surface area contributed by atoms with Crippen molar-refractivity contribution in [2.45, 2.75) is 32.9 Å². The number of nitrogens with zero attached hydrogens (tertiary/aromatic N) is 2. The summed E-state index contributed by atoms with van der Waals surface area (Å²) in [6.45, 7) is 6.00. The molecule has 2 heterocycles. The molecular formula is C13H17BrClN3S. The van der Waals surface area contributed by atoms with Crippen LogP contribution in [0.5, 0.6) is 0 Å². The van der Waals surface area contributed by atoms with E-state index in [-0.39, 0.29) is 6.04 Å². The second-order valence-corrected chi connectivity index (χ2v) is 6.43. The van der Waals surface area contributed by atoms with Crippen molar-refractivity contribution in [2.24, 2.45) is 0 Å². The van der Waals surface area contributed by atoms with Gasteiger partial charge in [0.2, 0.25) is 0 Å². The van der Waals surface area contributed by atoms with E-state index >= 15 is 0 Å². The Morgan fingerprint density at radius 3 is 2.89 bits per heavy atom. The fourth-order valence-electron chi connectivity index (χ4n) is 2.08. The van der Waals surface area contributed by atoms with Gasteiger partial charge in [0.25, 0.3) is 0 Å². The minimum Gasteiger partial charge on any atom is -0.305 e. The maximum atomic E-state index is 6.35. The van der Waals surface area contributed by atoms with Gasteiger partial charge in [0.1, 0.15) is 0 Å². The molecule has 1 atom stereocenters. The summed E-state index contributed by atoms with van der Waals surface area (Å²) in [6, 6.07) is 2.15. The lowest BCUT2D eigenvalue weighted by atomic mass is 10.1.